The quantitative estimate of drug-likeness (QED) is 0.572. The first-order chi connectivity index (χ1) is 8.50. The highest BCUT2D eigenvalue weighted by Crippen LogP contribution is 2.44. The van der Waals surface area contributed by atoms with Gasteiger partial charge >= 0.3 is 5.97 Å². The zero-order valence-corrected chi connectivity index (χ0v) is 12.0. The maximum atomic E-state index is 11.6. The van der Waals surface area contributed by atoms with Gasteiger partial charge in [0.2, 0.25) is 0 Å². The molecule has 1 saturated heterocycles. The number of ether oxygens (including phenoxy) is 1. The molecular formula is C10H17BO7P-. The highest BCUT2D eigenvalue weighted by atomic mass is 31.2. The minimum absolute atomic E-state index is 0.0257. The summed E-state index contributed by atoms with van der Waals surface area (Å²) >= 11 is 0. The third-order valence-electron chi connectivity index (χ3n) is 2.29. The molecule has 1 heterocycles. The summed E-state index contributed by atoms with van der Waals surface area (Å²) in [7, 11) is 0.827. The number of carboxylic acid groups (broad SMARTS) is 1. The van der Waals surface area contributed by atoms with E-state index in [1.54, 1.807) is 20.8 Å². The van der Waals surface area contributed by atoms with Gasteiger partial charge in [0, 0.05) is 6.00 Å². The minimum atomic E-state index is -4.59. The first-order valence-corrected chi connectivity index (χ1v) is 7.24. The van der Waals surface area contributed by atoms with Gasteiger partial charge in [0.05, 0.1) is 6.61 Å². The molecule has 7 nitrogen and oxygen atoms in total. The predicted molar refractivity (Wildman–Crippen MR) is 64.6 cm³/mol. The molecule has 0 aromatic rings. The van der Waals surface area contributed by atoms with Crippen molar-refractivity contribution in [3.05, 3.63) is 0 Å². The largest absolute Gasteiger partial charge is 0.756 e. The molecule has 2 unspecified atom stereocenters. The zero-order chi connectivity index (χ0) is 14.8. The van der Waals surface area contributed by atoms with E-state index < -0.39 is 32.0 Å². The average Bonchev–Trinajstić information content (AvgIpc) is 2.55. The summed E-state index contributed by atoms with van der Waals surface area (Å²) in [6, 6.07) is -0.867. The number of carbonyl (C=O) groups is 1. The van der Waals surface area contributed by atoms with Crippen molar-refractivity contribution in [2.45, 2.75) is 45.4 Å². The number of rotatable bonds is 5. The number of phosphoric ester groups is 1. The van der Waals surface area contributed by atoms with Crippen molar-refractivity contribution in [1.29, 1.82) is 0 Å². The Morgan fingerprint density at radius 2 is 2.16 bits per heavy atom. The lowest BCUT2D eigenvalue weighted by atomic mass is 9.96. The van der Waals surface area contributed by atoms with Gasteiger partial charge < -0.3 is 23.8 Å². The fourth-order valence-corrected chi connectivity index (χ4v) is 2.60. The Kier molecular flexibility index (Phi) is 5.20. The lowest BCUT2D eigenvalue weighted by Gasteiger charge is -2.30. The third-order valence-corrected chi connectivity index (χ3v) is 3.26. The second-order valence-corrected chi connectivity index (χ2v) is 6.96. The second kappa shape index (κ2) is 5.93. The van der Waals surface area contributed by atoms with Gasteiger partial charge in [-0.25, -0.2) is 4.79 Å². The summed E-state index contributed by atoms with van der Waals surface area (Å²) in [6.45, 7) is 5.32. The van der Waals surface area contributed by atoms with Gasteiger partial charge in [-0.2, -0.15) is 0 Å². The fourth-order valence-electron chi connectivity index (χ4n) is 1.47. The molecule has 0 amide bonds. The summed E-state index contributed by atoms with van der Waals surface area (Å²) in [5, 5.41) is 8.86. The highest BCUT2D eigenvalue weighted by Gasteiger charge is 2.40. The molecule has 0 aliphatic carbocycles. The van der Waals surface area contributed by atoms with E-state index in [-0.39, 0.29) is 18.4 Å². The zero-order valence-electron chi connectivity index (χ0n) is 11.1. The van der Waals surface area contributed by atoms with Crippen molar-refractivity contribution >= 4 is 21.6 Å². The molecule has 1 aliphatic heterocycles. The lowest BCUT2D eigenvalue weighted by molar-refractivity contribution is -0.232. The summed E-state index contributed by atoms with van der Waals surface area (Å²) < 4.78 is 25.9. The van der Waals surface area contributed by atoms with E-state index in [4.69, 9.17) is 26.7 Å². The molecule has 19 heavy (non-hydrogen) atoms. The molecule has 0 aromatic heterocycles. The molecule has 1 N–H and O–H groups in total. The predicted octanol–water partition coefficient (Wildman–Crippen LogP) is 0.271. The molecule has 1 rings (SSSR count). The van der Waals surface area contributed by atoms with E-state index in [0.717, 1.165) is 0 Å². The normalized spacial score (nSPS) is 31.1. The van der Waals surface area contributed by atoms with Gasteiger partial charge in [-0.05, 0) is 11.8 Å². The molecule has 1 fully saturated rings. The summed E-state index contributed by atoms with van der Waals surface area (Å²) in [6.07, 6.45) is -2.60. The van der Waals surface area contributed by atoms with Gasteiger partial charge in [-0.15, -0.1) is 0 Å². The summed E-state index contributed by atoms with van der Waals surface area (Å²) in [5.74, 6) is -1.33. The van der Waals surface area contributed by atoms with Crippen LogP contribution in [0.25, 0.3) is 0 Å². The van der Waals surface area contributed by atoms with Crippen molar-refractivity contribution in [2.75, 3.05) is 6.61 Å². The molecule has 0 aromatic carbocycles. The van der Waals surface area contributed by atoms with Crippen LogP contribution in [0.1, 0.15) is 27.2 Å². The van der Waals surface area contributed by atoms with E-state index in [9.17, 15) is 14.3 Å². The first-order valence-electron chi connectivity index (χ1n) is 5.78. The SMILES string of the molecule is [B][C@H]1CC(OP(=O)([O-])OCC(C)(C)C)[C@@H](C(=O)O)O1. The number of phosphoric acid groups is 1. The topological polar surface area (TPSA) is 105 Å². The molecule has 108 valence electrons. The Hall–Kier alpha value is -0.395. The summed E-state index contributed by atoms with van der Waals surface area (Å²) in [4.78, 5) is 22.5. The van der Waals surface area contributed by atoms with Crippen LogP contribution in [-0.4, -0.2) is 43.7 Å². The molecule has 9 heteroatoms. The van der Waals surface area contributed by atoms with E-state index in [1.807, 2.05) is 0 Å². The van der Waals surface area contributed by atoms with Crippen LogP contribution in [0.4, 0.5) is 0 Å². The number of hydrogen-bond acceptors (Lipinski definition) is 6. The van der Waals surface area contributed by atoms with Crippen LogP contribution >= 0.6 is 7.82 Å². The molecule has 2 radical (unpaired) electrons. The monoisotopic (exact) mass is 291 g/mol. The minimum Gasteiger partial charge on any atom is -0.756 e. The number of carboxylic acids is 1. The van der Waals surface area contributed by atoms with Gasteiger partial charge in [-0.3, -0.25) is 4.57 Å². The summed E-state index contributed by atoms with van der Waals surface area (Å²) in [5.41, 5.74) is -0.363. The smallest absolute Gasteiger partial charge is 0.335 e. The van der Waals surface area contributed by atoms with Crippen molar-refractivity contribution < 1.29 is 33.1 Å². The van der Waals surface area contributed by atoms with Gasteiger partial charge in [0.15, 0.2) is 6.10 Å². The van der Waals surface area contributed by atoms with Crippen molar-refractivity contribution in [1.82, 2.24) is 0 Å². The molecule has 1 aliphatic rings. The average molecular weight is 291 g/mol. The van der Waals surface area contributed by atoms with Crippen molar-refractivity contribution in [3.63, 3.8) is 0 Å². The van der Waals surface area contributed by atoms with E-state index in [1.165, 1.54) is 0 Å². The fraction of sp³-hybridized carbons (Fsp3) is 0.900. The van der Waals surface area contributed by atoms with Crippen LogP contribution in [0.3, 0.4) is 0 Å². The van der Waals surface area contributed by atoms with Crippen LogP contribution in [0.5, 0.6) is 0 Å². The van der Waals surface area contributed by atoms with Gasteiger partial charge in [0.1, 0.15) is 14.0 Å². The Morgan fingerprint density at radius 3 is 2.63 bits per heavy atom. The van der Waals surface area contributed by atoms with Crippen LogP contribution in [0.15, 0.2) is 0 Å². The van der Waals surface area contributed by atoms with Crippen LogP contribution in [0, 0.1) is 5.41 Å². The molecule has 0 saturated carbocycles. The van der Waals surface area contributed by atoms with Gasteiger partial charge in [-0.1, -0.05) is 20.8 Å². The van der Waals surface area contributed by atoms with E-state index >= 15 is 0 Å². The second-order valence-electron chi connectivity index (χ2n) is 5.59. The van der Waals surface area contributed by atoms with E-state index in [0.29, 0.717) is 0 Å². The van der Waals surface area contributed by atoms with Gasteiger partial charge in [0.25, 0.3) is 7.82 Å². The Labute approximate surface area is 113 Å². The lowest BCUT2D eigenvalue weighted by Crippen LogP contribution is -2.33. The van der Waals surface area contributed by atoms with E-state index in [2.05, 4.69) is 0 Å². The Morgan fingerprint density at radius 1 is 1.58 bits per heavy atom. The van der Waals surface area contributed by atoms with Crippen molar-refractivity contribution in [3.8, 4) is 0 Å². The van der Waals surface area contributed by atoms with Crippen molar-refractivity contribution in [2.24, 2.45) is 5.41 Å². The highest BCUT2D eigenvalue weighted by molar-refractivity contribution is 7.45. The molecule has 4 atom stereocenters. The number of aliphatic carboxylic acids is 1. The Bertz CT molecular complexity index is 381. The Balaban J connectivity index is 2.61. The molecular weight excluding hydrogens is 274 g/mol. The maximum Gasteiger partial charge on any atom is 0.335 e. The first kappa shape index (κ1) is 16.7. The number of hydrogen-bond donors (Lipinski definition) is 1. The van der Waals surface area contributed by atoms with Crippen LogP contribution in [-0.2, 0) is 23.1 Å². The van der Waals surface area contributed by atoms with Crippen LogP contribution < -0.4 is 4.89 Å². The molecule has 0 bridgehead atoms. The van der Waals surface area contributed by atoms with Crippen LogP contribution in [0.2, 0.25) is 0 Å². The third kappa shape index (κ3) is 5.63. The maximum absolute atomic E-state index is 11.6. The molecule has 0 spiro atoms. The standard InChI is InChI=1S/C10H18BO7P/c1-10(2,3)5-16-19(14,15)18-6-4-7(11)17-8(6)9(12)13/h6-8H,4-5H2,1-3H3,(H,12,13)(H,14,15)/p-1/t6?,7-,8+/m1/s1.